The second kappa shape index (κ2) is 10.5. The van der Waals surface area contributed by atoms with Crippen molar-refractivity contribution in [2.24, 2.45) is 0 Å². The van der Waals surface area contributed by atoms with Crippen LogP contribution in [0.2, 0.25) is 5.15 Å². The zero-order valence-corrected chi connectivity index (χ0v) is 21.6. The molecular formula is C20H20Br2ClN4O4S+. The molecule has 32 heavy (non-hydrogen) atoms. The molecule has 0 unspecified atom stereocenters. The number of nitro benzene ring substituents is 1. The predicted molar refractivity (Wildman–Crippen MR) is 130 cm³/mol. The highest BCUT2D eigenvalue weighted by molar-refractivity contribution is 9.09. The summed E-state index contributed by atoms with van der Waals surface area (Å²) in [6, 6.07) is 7.64. The molecule has 3 rings (SSSR count). The number of rotatable bonds is 8. The Labute approximate surface area is 208 Å². The molecule has 1 aromatic heterocycles. The molecule has 1 aromatic carbocycles. The molecule has 1 aliphatic rings. The van der Waals surface area contributed by atoms with Crippen molar-refractivity contribution in [1.29, 1.82) is 0 Å². The molecule has 0 aliphatic carbocycles. The van der Waals surface area contributed by atoms with Gasteiger partial charge in [-0.2, -0.15) is 8.87 Å². The SMILES string of the molecule is C#Cc1cc([N+](=O)[O-])cc(S(=O)(=O)N2CC[n+]3c(Cl)cccc3C2)c1N(CCBr)CCBr. The molecule has 2 heterocycles. The largest absolute Gasteiger partial charge is 0.368 e. The number of fused-ring (bicyclic) bond motifs is 1. The van der Waals surface area contributed by atoms with Crippen LogP contribution in [0.4, 0.5) is 11.4 Å². The van der Waals surface area contributed by atoms with E-state index in [2.05, 4.69) is 37.8 Å². The van der Waals surface area contributed by atoms with Crippen LogP contribution in [0, 0.1) is 22.5 Å². The van der Waals surface area contributed by atoms with Gasteiger partial charge in [0, 0.05) is 48.0 Å². The topological polar surface area (TPSA) is 87.6 Å². The third kappa shape index (κ3) is 4.94. The lowest BCUT2D eigenvalue weighted by atomic mass is 10.1. The van der Waals surface area contributed by atoms with Crippen molar-refractivity contribution in [2.75, 3.05) is 35.2 Å². The van der Waals surface area contributed by atoms with Crippen LogP contribution in [0.5, 0.6) is 0 Å². The Morgan fingerprint density at radius 2 is 1.97 bits per heavy atom. The van der Waals surface area contributed by atoms with Crippen molar-refractivity contribution in [3.05, 3.63) is 56.9 Å². The van der Waals surface area contributed by atoms with E-state index in [0.717, 1.165) is 11.8 Å². The molecule has 0 fully saturated rings. The van der Waals surface area contributed by atoms with E-state index >= 15 is 0 Å². The van der Waals surface area contributed by atoms with Gasteiger partial charge in [-0.1, -0.05) is 37.8 Å². The number of anilines is 1. The number of aromatic nitrogens is 1. The molecule has 0 amide bonds. The van der Waals surface area contributed by atoms with E-state index in [-0.39, 0.29) is 29.2 Å². The Morgan fingerprint density at radius 3 is 2.56 bits per heavy atom. The predicted octanol–water partition coefficient (Wildman–Crippen LogP) is 3.32. The van der Waals surface area contributed by atoms with Gasteiger partial charge in [0.05, 0.1) is 29.3 Å². The first-order valence-corrected chi connectivity index (χ1v) is 13.6. The van der Waals surface area contributed by atoms with Gasteiger partial charge < -0.3 is 4.90 Å². The lowest BCUT2D eigenvalue weighted by Gasteiger charge is -2.30. The van der Waals surface area contributed by atoms with Gasteiger partial charge in [-0.15, -0.1) is 6.42 Å². The summed E-state index contributed by atoms with van der Waals surface area (Å²) in [7, 11) is -4.11. The van der Waals surface area contributed by atoms with Crippen molar-refractivity contribution < 1.29 is 17.9 Å². The standard InChI is InChI=1S/C20H20Br2ClN4O4S/c1-2-15-12-17(27(28)29)13-18(20(15)24(8-6-21)9-7-22)32(30,31)25-10-11-26-16(14-25)4-3-5-19(26)23/h1,3-5,12-13H,6-11,14H2/q+1. The van der Waals surface area contributed by atoms with Gasteiger partial charge in [0.1, 0.15) is 4.90 Å². The van der Waals surface area contributed by atoms with Crippen LogP contribution in [0.3, 0.4) is 0 Å². The van der Waals surface area contributed by atoms with Crippen molar-refractivity contribution in [3.8, 4) is 12.3 Å². The number of alkyl halides is 2. The van der Waals surface area contributed by atoms with Gasteiger partial charge in [-0.25, -0.2) is 8.42 Å². The van der Waals surface area contributed by atoms with Crippen molar-refractivity contribution in [3.63, 3.8) is 0 Å². The van der Waals surface area contributed by atoms with Gasteiger partial charge in [0.15, 0.2) is 12.2 Å². The fourth-order valence-electron chi connectivity index (χ4n) is 3.63. The second-order valence-electron chi connectivity index (χ2n) is 6.94. The normalized spacial score (nSPS) is 13.9. The minimum absolute atomic E-state index is 0.0906. The average molecular weight is 608 g/mol. The molecule has 1 aliphatic heterocycles. The number of hydrogen-bond acceptors (Lipinski definition) is 5. The van der Waals surface area contributed by atoms with Crippen LogP contribution in [0.1, 0.15) is 11.3 Å². The Hall–Kier alpha value is -1.71. The number of benzene rings is 1. The molecule has 0 saturated carbocycles. The summed E-state index contributed by atoms with van der Waals surface area (Å²) in [5, 5.41) is 13.2. The van der Waals surface area contributed by atoms with Crippen molar-refractivity contribution in [2.45, 2.75) is 18.0 Å². The number of halogens is 3. The monoisotopic (exact) mass is 605 g/mol. The fourth-order valence-corrected chi connectivity index (χ4v) is 6.41. The number of nitrogens with zero attached hydrogens (tertiary/aromatic N) is 4. The number of terminal acetylenes is 1. The highest BCUT2D eigenvalue weighted by Crippen LogP contribution is 2.36. The zero-order valence-electron chi connectivity index (χ0n) is 16.9. The molecular weight excluding hydrogens is 588 g/mol. The van der Waals surface area contributed by atoms with E-state index in [1.165, 1.54) is 10.4 Å². The molecule has 0 bridgehead atoms. The molecule has 12 heteroatoms. The first-order valence-electron chi connectivity index (χ1n) is 9.58. The number of non-ortho nitro benzene ring substituents is 1. The van der Waals surface area contributed by atoms with Gasteiger partial charge >= 0.3 is 0 Å². The Morgan fingerprint density at radius 1 is 1.28 bits per heavy atom. The van der Waals surface area contributed by atoms with Crippen LogP contribution in [0.15, 0.2) is 35.2 Å². The number of pyridine rings is 1. The molecule has 170 valence electrons. The van der Waals surface area contributed by atoms with E-state index in [4.69, 9.17) is 18.0 Å². The summed E-state index contributed by atoms with van der Waals surface area (Å²) in [5.41, 5.74) is 0.818. The quantitative estimate of drug-likeness (QED) is 0.115. The first kappa shape index (κ1) is 24.9. The van der Waals surface area contributed by atoms with Crippen LogP contribution in [0.25, 0.3) is 0 Å². The van der Waals surface area contributed by atoms with Gasteiger partial charge in [0.25, 0.3) is 10.8 Å². The van der Waals surface area contributed by atoms with Gasteiger partial charge in [0.2, 0.25) is 10.0 Å². The van der Waals surface area contributed by atoms with Crippen LogP contribution in [-0.2, 0) is 23.1 Å². The van der Waals surface area contributed by atoms with E-state index < -0.39 is 14.9 Å². The Bertz CT molecular complexity index is 1180. The minimum Gasteiger partial charge on any atom is -0.368 e. The highest BCUT2D eigenvalue weighted by atomic mass is 79.9. The van der Waals surface area contributed by atoms with Gasteiger partial charge in [-0.3, -0.25) is 10.1 Å². The fraction of sp³-hybridized carbons (Fsp3) is 0.350. The summed E-state index contributed by atoms with van der Waals surface area (Å²) >= 11 is 13.0. The lowest BCUT2D eigenvalue weighted by molar-refractivity contribution is -0.708. The number of hydrogen-bond donors (Lipinski definition) is 0. The van der Waals surface area contributed by atoms with Gasteiger partial charge in [-0.05, 0) is 17.7 Å². The average Bonchev–Trinajstić information content (AvgIpc) is 2.77. The molecule has 0 saturated heterocycles. The smallest absolute Gasteiger partial charge is 0.275 e. The summed E-state index contributed by atoms with van der Waals surface area (Å²) in [5.74, 6) is 2.45. The van der Waals surface area contributed by atoms with E-state index in [9.17, 15) is 18.5 Å². The summed E-state index contributed by atoms with van der Waals surface area (Å²) in [4.78, 5) is 12.6. The number of sulfonamides is 1. The maximum absolute atomic E-state index is 13.8. The lowest BCUT2D eigenvalue weighted by Crippen LogP contribution is -2.52. The van der Waals surface area contributed by atoms with E-state index in [1.54, 1.807) is 18.2 Å². The summed E-state index contributed by atoms with van der Waals surface area (Å²) < 4.78 is 30.8. The molecule has 8 nitrogen and oxygen atoms in total. The number of nitro groups is 1. The molecule has 0 atom stereocenters. The second-order valence-corrected chi connectivity index (χ2v) is 10.8. The molecule has 0 spiro atoms. The maximum atomic E-state index is 13.8. The van der Waals surface area contributed by atoms with E-state index in [1.807, 2.05) is 9.47 Å². The third-order valence-electron chi connectivity index (χ3n) is 5.11. The van der Waals surface area contributed by atoms with Crippen molar-refractivity contribution >= 4 is 64.9 Å². The van der Waals surface area contributed by atoms with Crippen LogP contribution >= 0.6 is 43.5 Å². The summed E-state index contributed by atoms with van der Waals surface area (Å²) in [6.07, 6.45) is 5.67. The van der Waals surface area contributed by atoms with Crippen LogP contribution < -0.4 is 9.47 Å². The first-order chi connectivity index (χ1) is 15.2. The molecule has 0 N–H and O–H groups in total. The van der Waals surface area contributed by atoms with E-state index in [0.29, 0.717) is 41.1 Å². The third-order valence-corrected chi connectivity index (χ3v) is 8.01. The Kier molecular flexibility index (Phi) is 8.16. The summed E-state index contributed by atoms with van der Waals surface area (Å²) in [6.45, 7) is 1.57. The van der Waals surface area contributed by atoms with Crippen LogP contribution in [-0.4, -0.2) is 47.9 Å². The zero-order chi connectivity index (χ0) is 23.5. The maximum Gasteiger partial charge on any atom is 0.275 e. The molecule has 0 radical (unpaired) electrons. The highest BCUT2D eigenvalue weighted by Gasteiger charge is 2.37. The molecule has 2 aromatic rings. The van der Waals surface area contributed by atoms with Crippen molar-refractivity contribution in [1.82, 2.24) is 4.31 Å². The minimum atomic E-state index is -4.11. The Balaban J connectivity index is 2.19.